The van der Waals surface area contributed by atoms with Crippen LogP contribution in [-0.4, -0.2) is 18.8 Å². The molecule has 152 valence electrons. The summed E-state index contributed by atoms with van der Waals surface area (Å²) in [7, 11) is 0. The minimum atomic E-state index is -0.150. The van der Waals surface area contributed by atoms with E-state index in [0.29, 0.717) is 0 Å². The third kappa shape index (κ3) is 4.19. The molecular formula is C24H32FNOS. The minimum absolute atomic E-state index is 0.0497. The molecule has 1 aliphatic carbocycles. The first kappa shape index (κ1) is 20.1. The SMILES string of the molecule is Cc1cc(C)c(CNCC[C@@]2(c3ccc(F)cc3)CCOC3(CCCC3)C2)s1. The van der Waals surface area contributed by atoms with Crippen LogP contribution in [0.25, 0.3) is 0 Å². The molecule has 4 rings (SSSR count). The molecule has 28 heavy (non-hydrogen) atoms. The van der Waals surface area contributed by atoms with E-state index in [9.17, 15) is 4.39 Å². The molecule has 0 bridgehead atoms. The molecule has 1 aromatic heterocycles. The van der Waals surface area contributed by atoms with Gasteiger partial charge in [-0.15, -0.1) is 11.3 Å². The van der Waals surface area contributed by atoms with Gasteiger partial charge in [-0.2, -0.15) is 0 Å². The highest BCUT2D eigenvalue weighted by molar-refractivity contribution is 7.12. The number of thiophene rings is 1. The van der Waals surface area contributed by atoms with Crippen molar-refractivity contribution in [3.05, 3.63) is 57.0 Å². The quantitative estimate of drug-likeness (QED) is 0.595. The summed E-state index contributed by atoms with van der Waals surface area (Å²) in [6, 6.07) is 9.54. The predicted molar refractivity (Wildman–Crippen MR) is 115 cm³/mol. The van der Waals surface area contributed by atoms with Gasteiger partial charge >= 0.3 is 0 Å². The smallest absolute Gasteiger partial charge is 0.123 e. The molecule has 0 radical (unpaired) electrons. The topological polar surface area (TPSA) is 21.3 Å². The monoisotopic (exact) mass is 401 g/mol. The van der Waals surface area contributed by atoms with E-state index in [1.807, 2.05) is 23.5 Å². The zero-order valence-corrected chi connectivity index (χ0v) is 18.0. The van der Waals surface area contributed by atoms with Crippen LogP contribution in [0.1, 0.15) is 65.8 Å². The first-order chi connectivity index (χ1) is 13.5. The van der Waals surface area contributed by atoms with Crippen LogP contribution < -0.4 is 5.32 Å². The molecule has 1 aromatic carbocycles. The third-order valence-electron chi connectivity index (χ3n) is 6.83. The lowest BCUT2D eigenvalue weighted by Crippen LogP contribution is -2.47. The Labute approximate surface area is 172 Å². The second-order valence-electron chi connectivity index (χ2n) is 8.84. The van der Waals surface area contributed by atoms with Crippen molar-refractivity contribution in [3.8, 4) is 0 Å². The summed E-state index contributed by atoms with van der Waals surface area (Å²) in [6.07, 6.45) is 8.08. The molecule has 0 amide bonds. The van der Waals surface area contributed by atoms with E-state index < -0.39 is 0 Å². The molecule has 1 spiro atoms. The summed E-state index contributed by atoms with van der Waals surface area (Å²) in [4.78, 5) is 2.82. The maximum Gasteiger partial charge on any atom is 0.123 e. The average Bonchev–Trinajstić information content (AvgIpc) is 3.25. The maximum absolute atomic E-state index is 13.6. The average molecular weight is 402 g/mol. The Morgan fingerprint density at radius 2 is 1.86 bits per heavy atom. The summed E-state index contributed by atoms with van der Waals surface area (Å²) < 4.78 is 19.9. The first-order valence-corrected chi connectivity index (χ1v) is 11.5. The summed E-state index contributed by atoms with van der Waals surface area (Å²) in [6.45, 7) is 7.10. The fraction of sp³-hybridized carbons (Fsp3) is 0.583. The van der Waals surface area contributed by atoms with E-state index in [4.69, 9.17) is 4.74 Å². The molecule has 2 fully saturated rings. The Bertz CT molecular complexity index is 793. The number of halogens is 1. The summed E-state index contributed by atoms with van der Waals surface area (Å²) in [5, 5.41) is 3.68. The van der Waals surface area contributed by atoms with Crippen LogP contribution in [0.4, 0.5) is 4.39 Å². The second kappa shape index (κ2) is 8.25. The molecule has 1 atom stereocenters. The van der Waals surface area contributed by atoms with E-state index in [1.54, 1.807) is 12.1 Å². The molecular weight excluding hydrogens is 369 g/mol. The number of hydrogen-bond acceptors (Lipinski definition) is 3. The number of rotatable bonds is 6. The van der Waals surface area contributed by atoms with Crippen molar-refractivity contribution >= 4 is 11.3 Å². The van der Waals surface area contributed by atoms with Gasteiger partial charge in [0.1, 0.15) is 5.82 Å². The van der Waals surface area contributed by atoms with Crippen LogP contribution in [0.3, 0.4) is 0 Å². The Morgan fingerprint density at radius 1 is 1.11 bits per heavy atom. The van der Waals surface area contributed by atoms with Crippen LogP contribution in [0.2, 0.25) is 0 Å². The van der Waals surface area contributed by atoms with E-state index in [-0.39, 0.29) is 16.8 Å². The Kier molecular flexibility index (Phi) is 5.91. The van der Waals surface area contributed by atoms with Crippen LogP contribution in [0, 0.1) is 19.7 Å². The molecule has 2 aliphatic rings. The van der Waals surface area contributed by atoms with Gasteiger partial charge in [0, 0.05) is 28.3 Å². The van der Waals surface area contributed by atoms with Crippen LogP contribution >= 0.6 is 11.3 Å². The van der Waals surface area contributed by atoms with E-state index in [0.717, 1.165) is 39.0 Å². The number of nitrogens with one attached hydrogen (secondary N) is 1. The fourth-order valence-electron chi connectivity index (χ4n) is 5.36. The normalized spacial score (nSPS) is 24.1. The largest absolute Gasteiger partial charge is 0.375 e. The minimum Gasteiger partial charge on any atom is -0.375 e. The molecule has 2 heterocycles. The summed E-state index contributed by atoms with van der Waals surface area (Å²) >= 11 is 1.89. The van der Waals surface area contributed by atoms with Gasteiger partial charge in [0.05, 0.1) is 5.60 Å². The first-order valence-electron chi connectivity index (χ1n) is 10.7. The molecule has 2 aromatic rings. The lowest BCUT2D eigenvalue weighted by atomic mass is 9.66. The molecule has 1 saturated heterocycles. The Balaban J connectivity index is 1.48. The van der Waals surface area contributed by atoms with Crippen molar-refractivity contribution in [3.63, 3.8) is 0 Å². The molecule has 1 saturated carbocycles. The second-order valence-corrected chi connectivity index (χ2v) is 10.2. The molecule has 4 heteroatoms. The maximum atomic E-state index is 13.6. The van der Waals surface area contributed by atoms with Gasteiger partial charge in [-0.3, -0.25) is 0 Å². The molecule has 0 unspecified atom stereocenters. The molecule has 1 N–H and O–H groups in total. The fourth-order valence-corrected chi connectivity index (χ4v) is 6.38. The van der Waals surface area contributed by atoms with Gasteiger partial charge in [-0.1, -0.05) is 25.0 Å². The van der Waals surface area contributed by atoms with Crippen molar-refractivity contribution in [1.29, 1.82) is 0 Å². The van der Waals surface area contributed by atoms with Gasteiger partial charge in [-0.05, 0) is 81.8 Å². The number of hydrogen-bond donors (Lipinski definition) is 1. The van der Waals surface area contributed by atoms with Crippen molar-refractivity contribution in [1.82, 2.24) is 5.32 Å². The highest BCUT2D eigenvalue weighted by atomic mass is 32.1. The standard InChI is InChI=1S/C24H32FNOS/c1-18-15-19(2)28-22(18)16-26-13-11-23(20-5-7-21(25)8-6-20)12-14-27-24(17-23)9-3-4-10-24/h5-8,15,26H,3-4,9-14,16-17H2,1-2H3/t23-/m1/s1. The Hall–Kier alpha value is -1.23. The van der Waals surface area contributed by atoms with E-state index in [2.05, 4.69) is 25.2 Å². The number of aryl methyl sites for hydroxylation is 2. The summed E-state index contributed by atoms with van der Waals surface area (Å²) in [5.74, 6) is -0.150. The molecule has 2 nitrogen and oxygen atoms in total. The van der Waals surface area contributed by atoms with Gasteiger partial charge < -0.3 is 10.1 Å². The van der Waals surface area contributed by atoms with Gasteiger partial charge in [-0.25, -0.2) is 4.39 Å². The highest BCUT2D eigenvalue weighted by Gasteiger charge is 2.47. The zero-order chi connectivity index (χ0) is 19.6. The Morgan fingerprint density at radius 3 is 2.54 bits per heavy atom. The predicted octanol–water partition coefficient (Wildman–Crippen LogP) is 6.04. The van der Waals surface area contributed by atoms with Gasteiger partial charge in [0.2, 0.25) is 0 Å². The van der Waals surface area contributed by atoms with Crippen LogP contribution in [-0.2, 0) is 16.7 Å². The third-order valence-corrected chi connectivity index (χ3v) is 7.98. The number of benzene rings is 1. The van der Waals surface area contributed by atoms with Gasteiger partial charge in [0.15, 0.2) is 0 Å². The summed E-state index contributed by atoms with van der Waals surface area (Å²) in [5.41, 5.74) is 2.81. The lowest BCUT2D eigenvalue weighted by molar-refractivity contribution is -0.103. The molecule has 1 aliphatic heterocycles. The number of ether oxygens (including phenoxy) is 1. The van der Waals surface area contributed by atoms with Crippen molar-refractivity contribution in [2.24, 2.45) is 0 Å². The van der Waals surface area contributed by atoms with Crippen molar-refractivity contribution < 1.29 is 9.13 Å². The van der Waals surface area contributed by atoms with E-state index >= 15 is 0 Å². The van der Waals surface area contributed by atoms with Crippen LogP contribution in [0.5, 0.6) is 0 Å². The highest BCUT2D eigenvalue weighted by Crippen LogP contribution is 2.50. The van der Waals surface area contributed by atoms with Gasteiger partial charge in [0.25, 0.3) is 0 Å². The van der Waals surface area contributed by atoms with Crippen LogP contribution in [0.15, 0.2) is 30.3 Å². The zero-order valence-electron chi connectivity index (χ0n) is 17.2. The lowest BCUT2D eigenvalue weighted by Gasteiger charge is -2.47. The van der Waals surface area contributed by atoms with Crippen molar-refractivity contribution in [2.75, 3.05) is 13.2 Å². The van der Waals surface area contributed by atoms with E-state index in [1.165, 1.54) is 46.6 Å². The van der Waals surface area contributed by atoms with Crippen molar-refractivity contribution in [2.45, 2.75) is 76.4 Å².